The number of nitrogens with zero attached hydrogens (tertiary/aromatic N) is 3. The summed E-state index contributed by atoms with van der Waals surface area (Å²) < 4.78 is 23.8. The molecule has 1 aliphatic rings. The van der Waals surface area contributed by atoms with E-state index < -0.39 is 15.9 Å². The zero-order valence-corrected chi connectivity index (χ0v) is 16.4. The number of fused-ring (bicyclic) bond motifs is 1. The standard InChI is InChI=1S/C20H17N3O3S2/c24-19(12-27-20-17-8-4-5-9-18(17)21-14-22-20)23(15-6-2-1-3-7-15)16-10-11-28(25,26)13-16/h1-11,14,16H,12-13H2/t16-/m1/s1. The number of amides is 1. The number of aromatic nitrogens is 2. The molecular formula is C20H17N3O3S2. The molecule has 28 heavy (non-hydrogen) atoms. The topological polar surface area (TPSA) is 80.2 Å². The lowest BCUT2D eigenvalue weighted by atomic mass is 10.2. The molecule has 3 aromatic rings. The molecule has 0 bridgehead atoms. The predicted molar refractivity (Wildman–Crippen MR) is 111 cm³/mol. The first kappa shape index (κ1) is 18.6. The van der Waals surface area contributed by atoms with E-state index in [-0.39, 0.29) is 17.4 Å². The number of carbonyl (C=O) groups is 1. The van der Waals surface area contributed by atoms with Gasteiger partial charge in [-0.05, 0) is 24.3 Å². The van der Waals surface area contributed by atoms with Crippen LogP contribution in [0.1, 0.15) is 0 Å². The van der Waals surface area contributed by atoms with Gasteiger partial charge in [0.25, 0.3) is 0 Å². The van der Waals surface area contributed by atoms with Crippen molar-refractivity contribution >= 4 is 44.1 Å². The minimum Gasteiger partial charge on any atom is -0.304 e. The second-order valence-electron chi connectivity index (χ2n) is 6.31. The van der Waals surface area contributed by atoms with E-state index in [1.807, 2.05) is 42.5 Å². The van der Waals surface area contributed by atoms with Crippen molar-refractivity contribution in [2.75, 3.05) is 16.4 Å². The summed E-state index contributed by atoms with van der Waals surface area (Å²) in [5.74, 6) is -0.139. The number of benzene rings is 2. The van der Waals surface area contributed by atoms with Gasteiger partial charge < -0.3 is 4.90 Å². The molecule has 0 fully saturated rings. The number of hydrogen-bond acceptors (Lipinski definition) is 6. The first-order valence-electron chi connectivity index (χ1n) is 8.64. The summed E-state index contributed by atoms with van der Waals surface area (Å²) >= 11 is 1.32. The van der Waals surface area contributed by atoms with Crippen molar-refractivity contribution in [1.29, 1.82) is 0 Å². The number of carbonyl (C=O) groups excluding carboxylic acids is 1. The van der Waals surface area contributed by atoms with Crippen LogP contribution in [0.3, 0.4) is 0 Å². The van der Waals surface area contributed by atoms with Gasteiger partial charge in [-0.15, -0.1) is 0 Å². The number of anilines is 1. The maximum atomic E-state index is 13.1. The smallest absolute Gasteiger partial charge is 0.237 e. The fourth-order valence-electron chi connectivity index (χ4n) is 3.12. The summed E-state index contributed by atoms with van der Waals surface area (Å²) in [5, 5.41) is 2.80. The first-order chi connectivity index (χ1) is 13.5. The van der Waals surface area contributed by atoms with E-state index in [9.17, 15) is 13.2 Å². The third kappa shape index (κ3) is 3.93. The normalized spacial score (nSPS) is 17.6. The molecule has 1 aliphatic heterocycles. The summed E-state index contributed by atoms with van der Waals surface area (Å²) in [6, 6.07) is 16.2. The van der Waals surface area contributed by atoms with Gasteiger partial charge >= 0.3 is 0 Å². The monoisotopic (exact) mass is 411 g/mol. The van der Waals surface area contributed by atoms with Gasteiger partial charge in [0.15, 0.2) is 9.84 Å². The van der Waals surface area contributed by atoms with Crippen molar-refractivity contribution in [3.05, 3.63) is 72.4 Å². The van der Waals surface area contributed by atoms with Crippen LogP contribution >= 0.6 is 11.8 Å². The molecule has 4 rings (SSSR count). The van der Waals surface area contributed by atoms with Crippen molar-refractivity contribution in [2.45, 2.75) is 11.1 Å². The fourth-order valence-corrected chi connectivity index (χ4v) is 5.24. The fraction of sp³-hybridized carbons (Fsp3) is 0.150. The molecule has 1 atom stereocenters. The van der Waals surface area contributed by atoms with E-state index in [1.54, 1.807) is 23.1 Å². The van der Waals surface area contributed by atoms with E-state index in [2.05, 4.69) is 9.97 Å². The highest BCUT2D eigenvalue weighted by Crippen LogP contribution is 2.27. The van der Waals surface area contributed by atoms with E-state index in [0.717, 1.165) is 15.9 Å². The van der Waals surface area contributed by atoms with Crippen molar-refractivity contribution < 1.29 is 13.2 Å². The molecule has 142 valence electrons. The third-order valence-corrected chi connectivity index (χ3v) is 6.75. The van der Waals surface area contributed by atoms with Crippen LogP contribution in [0.5, 0.6) is 0 Å². The Balaban J connectivity index is 1.58. The van der Waals surface area contributed by atoms with Crippen LogP contribution in [-0.4, -0.2) is 41.8 Å². The maximum absolute atomic E-state index is 13.1. The zero-order valence-electron chi connectivity index (χ0n) is 14.8. The Bertz CT molecular complexity index is 1140. The zero-order chi connectivity index (χ0) is 19.6. The Morgan fingerprint density at radius 2 is 1.82 bits per heavy atom. The van der Waals surface area contributed by atoms with Gasteiger partial charge in [-0.2, -0.15) is 0 Å². The first-order valence-corrected chi connectivity index (χ1v) is 11.3. The van der Waals surface area contributed by atoms with Crippen molar-refractivity contribution in [1.82, 2.24) is 9.97 Å². The van der Waals surface area contributed by atoms with Gasteiger partial charge in [0, 0.05) is 16.5 Å². The minimum atomic E-state index is -3.28. The molecule has 6 nitrogen and oxygen atoms in total. The lowest BCUT2D eigenvalue weighted by molar-refractivity contribution is -0.116. The van der Waals surface area contributed by atoms with Gasteiger partial charge in [-0.1, -0.05) is 48.2 Å². The largest absolute Gasteiger partial charge is 0.304 e. The summed E-state index contributed by atoms with van der Waals surface area (Å²) in [5.41, 5.74) is 1.49. The highest BCUT2D eigenvalue weighted by molar-refractivity contribution is 8.00. The average Bonchev–Trinajstić information content (AvgIpc) is 3.06. The highest BCUT2D eigenvalue weighted by atomic mass is 32.2. The van der Waals surface area contributed by atoms with Gasteiger partial charge in [0.1, 0.15) is 11.4 Å². The summed E-state index contributed by atoms with van der Waals surface area (Å²) in [6.07, 6.45) is 3.06. The van der Waals surface area contributed by atoms with Crippen molar-refractivity contribution in [2.24, 2.45) is 0 Å². The molecule has 8 heteroatoms. The van der Waals surface area contributed by atoms with Gasteiger partial charge in [-0.3, -0.25) is 4.79 Å². The van der Waals surface area contributed by atoms with Crippen LogP contribution in [0.2, 0.25) is 0 Å². The Morgan fingerprint density at radius 3 is 2.57 bits per heavy atom. The molecule has 0 spiro atoms. The number of sulfone groups is 1. The van der Waals surface area contributed by atoms with Crippen LogP contribution in [0.4, 0.5) is 5.69 Å². The Hall–Kier alpha value is -2.71. The molecule has 2 aromatic carbocycles. The van der Waals surface area contributed by atoms with Crippen LogP contribution < -0.4 is 4.90 Å². The van der Waals surface area contributed by atoms with E-state index >= 15 is 0 Å². The van der Waals surface area contributed by atoms with Crippen LogP contribution in [0.15, 0.2) is 77.4 Å². The lowest BCUT2D eigenvalue weighted by Crippen LogP contribution is -2.42. The SMILES string of the molecule is O=C(CSc1ncnc2ccccc12)N(c1ccccc1)[C@@H]1C=CS(=O)(=O)C1. The summed E-state index contributed by atoms with van der Waals surface area (Å²) in [7, 11) is -3.28. The molecule has 2 heterocycles. The van der Waals surface area contributed by atoms with Crippen LogP contribution in [-0.2, 0) is 14.6 Å². The molecule has 1 aromatic heterocycles. The molecule has 0 saturated carbocycles. The minimum absolute atomic E-state index is 0.102. The summed E-state index contributed by atoms with van der Waals surface area (Å²) in [6.45, 7) is 0. The number of hydrogen-bond donors (Lipinski definition) is 0. The number of para-hydroxylation sites is 2. The molecule has 1 amide bonds. The van der Waals surface area contributed by atoms with Gasteiger partial charge in [-0.25, -0.2) is 18.4 Å². The molecule has 0 N–H and O–H groups in total. The van der Waals surface area contributed by atoms with E-state index in [4.69, 9.17) is 0 Å². The molecule has 0 aliphatic carbocycles. The van der Waals surface area contributed by atoms with E-state index in [1.165, 1.54) is 23.5 Å². The second kappa shape index (κ2) is 7.73. The quantitative estimate of drug-likeness (QED) is 0.474. The molecule has 0 radical (unpaired) electrons. The molecule has 0 unspecified atom stereocenters. The Kier molecular flexibility index (Phi) is 5.15. The number of rotatable bonds is 5. The van der Waals surface area contributed by atoms with Crippen molar-refractivity contribution in [3.63, 3.8) is 0 Å². The predicted octanol–water partition coefficient (Wildman–Crippen LogP) is 3.07. The summed E-state index contributed by atoms with van der Waals surface area (Å²) in [4.78, 5) is 23.2. The lowest BCUT2D eigenvalue weighted by Gasteiger charge is -2.27. The number of thioether (sulfide) groups is 1. The van der Waals surface area contributed by atoms with Crippen molar-refractivity contribution in [3.8, 4) is 0 Å². The third-order valence-electron chi connectivity index (χ3n) is 4.38. The van der Waals surface area contributed by atoms with Crippen LogP contribution in [0, 0.1) is 0 Å². The highest BCUT2D eigenvalue weighted by Gasteiger charge is 2.31. The van der Waals surface area contributed by atoms with Gasteiger partial charge in [0.05, 0.1) is 23.1 Å². The maximum Gasteiger partial charge on any atom is 0.237 e. The van der Waals surface area contributed by atoms with E-state index in [0.29, 0.717) is 5.69 Å². The average molecular weight is 412 g/mol. The van der Waals surface area contributed by atoms with Crippen LogP contribution in [0.25, 0.3) is 10.9 Å². The molecular weight excluding hydrogens is 394 g/mol. The molecule has 0 saturated heterocycles. The Labute approximate surface area is 167 Å². The van der Waals surface area contributed by atoms with Gasteiger partial charge in [0.2, 0.25) is 5.91 Å². The Morgan fingerprint density at radius 1 is 1.07 bits per heavy atom. The second-order valence-corrected chi connectivity index (χ2v) is 9.20.